The van der Waals surface area contributed by atoms with E-state index < -0.39 is 0 Å². The average molecular weight is 356 g/mol. The van der Waals surface area contributed by atoms with Crippen LogP contribution in [0.1, 0.15) is 61.6 Å². The van der Waals surface area contributed by atoms with Crippen LogP contribution in [0, 0.1) is 0 Å². The van der Waals surface area contributed by atoms with Gasteiger partial charge in [-0.15, -0.1) is 0 Å². The summed E-state index contributed by atoms with van der Waals surface area (Å²) in [6, 6.07) is 0. The summed E-state index contributed by atoms with van der Waals surface area (Å²) in [5, 5.41) is 3.04. The highest BCUT2D eigenvalue weighted by Crippen LogP contribution is 2.27. The van der Waals surface area contributed by atoms with E-state index in [9.17, 15) is 4.79 Å². The van der Waals surface area contributed by atoms with Crippen LogP contribution in [-0.2, 0) is 6.54 Å². The zero-order chi connectivity index (χ0) is 18.4. The van der Waals surface area contributed by atoms with Crippen molar-refractivity contribution in [2.24, 2.45) is 0 Å². The molecular weight excluding hydrogens is 328 g/mol. The molecule has 0 bridgehead atoms. The fraction of sp³-hybridized carbons (Fsp3) is 0.579. The number of rotatable bonds is 7. The van der Waals surface area contributed by atoms with E-state index in [0.29, 0.717) is 24.0 Å². The minimum absolute atomic E-state index is 0.00409. The Hall–Kier alpha value is -2.44. The summed E-state index contributed by atoms with van der Waals surface area (Å²) in [6.45, 7) is 7.42. The van der Waals surface area contributed by atoms with Gasteiger partial charge in [-0.1, -0.05) is 13.3 Å². The number of hydrogen-bond acceptors (Lipinski definition) is 5. The van der Waals surface area contributed by atoms with Crippen molar-refractivity contribution in [1.82, 2.24) is 24.4 Å². The lowest BCUT2D eigenvalue weighted by atomic mass is 9.96. The third-order valence-corrected chi connectivity index (χ3v) is 4.81. The molecule has 7 heteroatoms. The van der Waals surface area contributed by atoms with Gasteiger partial charge in [-0.25, -0.2) is 15.0 Å². The number of likely N-dealkylation sites (tertiary alicyclic amines) is 1. The Kier molecular flexibility index (Phi) is 6.20. The molecule has 7 nitrogen and oxygen atoms in total. The SMILES string of the molecule is CCCCn1ccnc1[C@H]1CCCN(C(=O)c2cnc(NCC)nc2)C1. The van der Waals surface area contributed by atoms with Crippen LogP contribution in [0.15, 0.2) is 24.8 Å². The van der Waals surface area contributed by atoms with Gasteiger partial charge in [0.1, 0.15) is 5.82 Å². The van der Waals surface area contributed by atoms with Crippen LogP contribution in [0.4, 0.5) is 5.95 Å². The van der Waals surface area contributed by atoms with Gasteiger partial charge in [0.25, 0.3) is 5.91 Å². The second-order valence-corrected chi connectivity index (χ2v) is 6.75. The smallest absolute Gasteiger partial charge is 0.257 e. The first-order valence-electron chi connectivity index (χ1n) is 9.59. The Labute approximate surface area is 154 Å². The molecule has 0 unspecified atom stereocenters. The number of unbranched alkanes of at least 4 members (excludes halogenated alkanes) is 1. The van der Waals surface area contributed by atoms with Crippen LogP contribution < -0.4 is 5.32 Å². The lowest BCUT2D eigenvalue weighted by Gasteiger charge is -2.32. The van der Waals surface area contributed by atoms with Crippen LogP contribution in [0.3, 0.4) is 0 Å². The predicted octanol–water partition coefficient (Wildman–Crippen LogP) is 2.92. The lowest BCUT2D eigenvalue weighted by molar-refractivity contribution is 0.0702. The number of amides is 1. The summed E-state index contributed by atoms with van der Waals surface area (Å²) in [5.74, 6) is 1.96. The van der Waals surface area contributed by atoms with Gasteiger partial charge < -0.3 is 14.8 Å². The Bertz CT molecular complexity index is 711. The van der Waals surface area contributed by atoms with Gasteiger partial charge in [0.05, 0.1) is 5.56 Å². The molecule has 2 aromatic rings. The van der Waals surface area contributed by atoms with Crippen LogP contribution in [0.25, 0.3) is 0 Å². The lowest BCUT2D eigenvalue weighted by Crippen LogP contribution is -2.39. The van der Waals surface area contributed by atoms with Crippen molar-refractivity contribution in [2.75, 3.05) is 25.0 Å². The Balaban J connectivity index is 1.68. The molecule has 0 radical (unpaired) electrons. The monoisotopic (exact) mass is 356 g/mol. The second-order valence-electron chi connectivity index (χ2n) is 6.75. The third kappa shape index (κ3) is 4.20. The molecule has 0 spiro atoms. The number of carbonyl (C=O) groups excluding carboxylic acids is 1. The fourth-order valence-corrected chi connectivity index (χ4v) is 3.44. The molecule has 1 fully saturated rings. The largest absolute Gasteiger partial charge is 0.355 e. The number of anilines is 1. The fourth-order valence-electron chi connectivity index (χ4n) is 3.44. The van der Waals surface area contributed by atoms with E-state index in [1.807, 2.05) is 18.0 Å². The Morgan fingerprint density at radius 3 is 2.81 bits per heavy atom. The Morgan fingerprint density at radius 1 is 1.27 bits per heavy atom. The van der Waals surface area contributed by atoms with Gasteiger partial charge in [0.15, 0.2) is 0 Å². The first-order valence-corrected chi connectivity index (χ1v) is 9.59. The minimum Gasteiger partial charge on any atom is -0.355 e. The van der Waals surface area contributed by atoms with E-state index >= 15 is 0 Å². The number of carbonyl (C=O) groups is 1. The summed E-state index contributed by atoms with van der Waals surface area (Å²) >= 11 is 0. The molecule has 1 aliphatic rings. The molecule has 1 N–H and O–H groups in total. The number of piperidine rings is 1. The molecule has 26 heavy (non-hydrogen) atoms. The van der Waals surface area contributed by atoms with E-state index in [0.717, 1.165) is 51.1 Å². The highest BCUT2D eigenvalue weighted by molar-refractivity contribution is 5.93. The molecule has 140 valence electrons. The number of hydrogen-bond donors (Lipinski definition) is 1. The van der Waals surface area contributed by atoms with Crippen LogP contribution >= 0.6 is 0 Å². The molecule has 0 saturated carbocycles. The van der Waals surface area contributed by atoms with Gasteiger partial charge >= 0.3 is 0 Å². The maximum atomic E-state index is 12.8. The highest BCUT2D eigenvalue weighted by Gasteiger charge is 2.28. The van der Waals surface area contributed by atoms with Crippen molar-refractivity contribution >= 4 is 11.9 Å². The predicted molar refractivity (Wildman–Crippen MR) is 101 cm³/mol. The van der Waals surface area contributed by atoms with Crippen molar-refractivity contribution < 1.29 is 4.79 Å². The molecule has 1 amide bonds. The number of nitrogens with zero attached hydrogens (tertiary/aromatic N) is 5. The summed E-state index contributed by atoms with van der Waals surface area (Å²) in [5.41, 5.74) is 0.543. The van der Waals surface area contributed by atoms with E-state index in [1.165, 1.54) is 0 Å². The van der Waals surface area contributed by atoms with Crippen molar-refractivity contribution in [3.8, 4) is 0 Å². The van der Waals surface area contributed by atoms with Crippen LogP contribution in [0.2, 0.25) is 0 Å². The zero-order valence-electron chi connectivity index (χ0n) is 15.7. The summed E-state index contributed by atoms with van der Waals surface area (Å²) in [6.07, 6.45) is 11.5. The number of nitrogens with one attached hydrogen (secondary N) is 1. The molecule has 3 heterocycles. The van der Waals surface area contributed by atoms with Crippen LogP contribution in [0.5, 0.6) is 0 Å². The molecule has 1 atom stereocenters. The normalized spacial score (nSPS) is 17.3. The first-order chi connectivity index (χ1) is 12.7. The van der Waals surface area contributed by atoms with Crippen molar-refractivity contribution in [3.63, 3.8) is 0 Å². The second kappa shape index (κ2) is 8.78. The summed E-state index contributed by atoms with van der Waals surface area (Å²) in [7, 11) is 0. The van der Waals surface area contributed by atoms with E-state index in [4.69, 9.17) is 0 Å². The number of aromatic nitrogens is 4. The van der Waals surface area contributed by atoms with Gasteiger partial charge in [-0.3, -0.25) is 4.79 Å². The zero-order valence-corrected chi connectivity index (χ0v) is 15.7. The quantitative estimate of drug-likeness (QED) is 0.825. The van der Waals surface area contributed by atoms with E-state index in [2.05, 4.69) is 38.0 Å². The molecule has 2 aromatic heterocycles. The maximum absolute atomic E-state index is 12.8. The first kappa shape index (κ1) is 18.4. The molecule has 1 saturated heterocycles. The van der Waals surface area contributed by atoms with Gasteiger partial charge in [-0.05, 0) is 26.2 Å². The molecular formula is C19H28N6O. The summed E-state index contributed by atoms with van der Waals surface area (Å²) in [4.78, 5) is 27.8. The van der Waals surface area contributed by atoms with E-state index in [1.54, 1.807) is 12.4 Å². The molecule has 1 aliphatic heterocycles. The highest BCUT2D eigenvalue weighted by atomic mass is 16.2. The van der Waals surface area contributed by atoms with E-state index in [-0.39, 0.29) is 5.91 Å². The van der Waals surface area contributed by atoms with Crippen molar-refractivity contribution in [1.29, 1.82) is 0 Å². The number of imidazole rings is 1. The minimum atomic E-state index is 0.00409. The van der Waals surface area contributed by atoms with Gasteiger partial charge in [0, 0.05) is 56.9 Å². The number of aryl methyl sites for hydroxylation is 1. The van der Waals surface area contributed by atoms with Gasteiger partial charge in [-0.2, -0.15) is 0 Å². The third-order valence-electron chi connectivity index (χ3n) is 4.81. The Morgan fingerprint density at radius 2 is 2.08 bits per heavy atom. The van der Waals surface area contributed by atoms with Gasteiger partial charge in [0.2, 0.25) is 5.95 Å². The standard InChI is InChI=1S/C19H28N6O/c1-3-5-9-24-11-8-21-17(24)15-7-6-10-25(14-15)18(26)16-12-22-19(20-4-2)23-13-16/h8,11-13,15H,3-7,9-10,14H2,1-2H3,(H,20,22,23)/t15-/m0/s1. The summed E-state index contributed by atoms with van der Waals surface area (Å²) < 4.78 is 2.25. The maximum Gasteiger partial charge on any atom is 0.257 e. The average Bonchev–Trinajstić information content (AvgIpc) is 3.15. The molecule has 0 aromatic carbocycles. The van der Waals surface area contributed by atoms with Crippen molar-refractivity contribution in [3.05, 3.63) is 36.2 Å². The molecule has 0 aliphatic carbocycles. The van der Waals surface area contributed by atoms with Crippen molar-refractivity contribution in [2.45, 2.75) is 52.0 Å². The van der Waals surface area contributed by atoms with Crippen LogP contribution in [-0.4, -0.2) is 50.0 Å². The molecule has 3 rings (SSSR count). The topological polar surface area (TPSA) is 75.9 Å².